The molecule has 0 fully saturated rings. The summed E-state index contributed by atoms with van der Waals surface area (Å²) in [7, 11) is 0. The maximum atomic E-state index is 4.68. The highest BCUT2D eigenvalue weighted by molar-refractivity contribution is 7.98. The zero-order chi connectivity index (χ0) is 20.0. The molecule has 0 amide bonds. The molecule has 0 saturated heterocycles. The van der Waals surface area contributed by atoms with Crippen LogP contribution in [0.5, 0.6) is 0 Å². The van der Waals surface area contributed by atoms with E-state index in [1.165, 1.54) is 0 Å². The molecule has 0 aliphatic heterocycles. The highest BCUT2D eigenvalue weighted by Crippen LogP contribution is 2.12. The predicted molar refractivity (Wildman–Crippen MR) is 122 cm³/mol. The maximum absolute atomic E-state index is 4.68. The minimum Gasteiger partial charge on any atom is -0.356 e. The number of nitrogens with one attached hydrogen (secondary N) is 4. The van der Waals surface area contributed by atoms with Gasteiger partial charge in [-0.25, -0.2) is 9.97 Å². The second-order valence-electron chi connectivity index (χ2n) is 6.49. The summed E-state index contributed by atoms with van der Waals surface area (Å²) < 4.78 is 0. The van der Waals surface area contributed by atoms with Crippen LogP contribution < -0.4 is 10.6 Å². The molecule has 0 aliphatic rings. The molecule has 156 valence electrons. The van der Waals surface area contributed by atoms with E-state index in [9.17, 15) is 0 Å². The fraction of sp³-hybridized carbons (Fsp3) is 0.632. The first kappa shape index (κ1) is 22.7. The summed E-state index contributed by atoms with van der Waals surface area (Å²) in [6.07, 6.45) is 5.80. The molecule has 2 rings (SSSR count). The normalized spacial score (nSPS) is 10.8. The number of aromatic nitrogens is 4. The molecule has 0 aliphatic carbocycles. The summed E-state index contributed by atoms with van der Waals surface area (Å²) in [5, 5.41) is 6.90. The van der Waals surface area contributed by atoms with Crippen molar-refractivity contribution in [3.05, 3.63) is 35.4 Å². The van der Waals surface area contributed by atoms with E-state index >= 15 is 0 Å². The van der Waals surface area contributed by atoms with Gasteiger partial charge < -0.3 is 20.6 Å². The van der Waals surface area contributed by atoms with Gasteiger partial charge in [-0.2, -0.15) is 23.5 Å². The van der Waals surface area contributed by atoms with Gasteiger partial charge in [-0.3, -0.25) is 4.99 Å². The third kappa shape index (κ3) is 8.60. The largest absolute Gasteiger partial charge is 0.356 e. The molecular formula is C19H33N7S2. The predicted octanol–water partition coefficient (Wildman–Crippen LogP) is 3.25. The average Bonchev–Trinajstić information content (AvgIpc) is 3.29. The van der Waals surface area contributed by atoms with Crippen LogP contribution in [0.1, 0.15) is 42.5 Å². The molecule has 0 radical (unpaired) electrons. The Morgan fingerprint density at radius 2 is 1.50 bits per heavy atom. The Morgan fingerprint density at radius 3 is 1.93 bits per heavy atom. The smallest absolute Gasteiger partial charge is 0.191 e. The van der Waals surface area contributed by atoms with E-state index in [1.807, 2.05) is 23.5 Å². The fourth-order valence-electron chi connectivity index (χ4n) is 2.41. The first-order chi connectivity index (χ1) is 13.7. The second kappa shape index (κ2) is 13.5. The molecular weight excluding hydrogens is 390 g/mol. The number of aryl methyl sites for hydroxylation is 2. The zero-order valence-corrected chi connectivity index (χ0v) is 18.8. The van der Waals surface area contributed by atoms with Gasteiger partial charge in [0.15, 0.2) is 5.96 Å². The van der Waals surface area contributed by atoms with Crippen LogP contribution in [0.4, 0.5) is 0 Å². The van der Waals surface area contributed by atoms with Crippen LogP contribution >= 0.6 is 23.5 Å². The number of H-pyrrole nitrogens is 2. The molecule has 4 N–H and O–H groups in total. The van der Waals surface area contributed by atoms with Crippen molar-refractivity contribution in [2.24, 2.45) is 4.99 Å². The Morgan fingerprint density at radius 1 is 0.964 bits per heavy atom. The number of thioether (sulfide) groups is 2. The van der Waals surface area contributed by atoms with Crippen molar-refractivity contribution in [2.75, 3.05) is 31.1 Å². The van der Waals surface area contributed by atoms with E-state index < -0.39 is 0 Å². The lowest BCUT2D eigenvalue weighted by atomic mass is 10.3. The van der Waals surface area contributed by atoms with Gasteiger partial charge in [0.1, 0.15) is 0 Å². The average molecular weight is 424 g/mol. The van der Waals surface area contributed by atoms with Crippen LogP contribution in [0.25, 0.3) is 0 Å². The van der Waals surface area contributed by atoms with Gasteiger partial charge >= 0.3 is 0 Å². The van der Waals surface area contributed by atoms with Crippen molar-refractivity contribution in [2.45, 2.75) is 45.1 Å². The van der Waals surface area contributed by atoms with Crippen LogP contribution in [-0.2, 0) is 11.5 Å². The maximum Gasteiger partial charge on any atom is 0.191 e. The van der Waals surface area contributed by atoms with Crippen LogP contribution in [0, 0.1) is 13.8 Å². The Balaban J connectivity index is 1.62. The number of guanidine groups is 1. The summed E-state index contributed by atoms with van der Waals surface area (Å²) in [4.78, 5) is 19.6. The fourth-order valence-corrected chi connectivity index (χ4v) is 4.16. The van der Waals surface area contributed by atoms with Gasteiger partial charge in [-0.05, 0) is 20.3 Å². The summed E-state index contributed by atoms with van der Waals surface area (Å²) in [6, 6.07) is 0. The van der Waals surface area contributed by atoms with E-state index in [2.05, 4.69) is 56.3 Å². The Hall–Kier alpha value is -1.61. The number of aliphatic imine (C=N–C) groups is 1. The quantitative estimate of drug-likeness (QED) is 0.224. The zero-order valence-electron chi connectivity index (χ0n) is 17.2. The number of rotatable bonds is 13. The van der Waals surface area contributed by atoms with E-state index in [0.29, 0.717) is 0 Å². The van der Waals surface area contributed by atoms with Crippen molar-refractivity contribution in [1.82, 2.24) is 30.6 Å². The van der Waals surface area contributed by atoms with Crippen LogP contribution in [0.3, 0.4) is 0 Å². The standard InChI is InChI=1S/C19H33N7S2/c1-4-5-6-20-19(21-7-9-27-11-17-15(2)23-13-25-17)22-8-10-28-12-18-16(3)24-14-26-18/h13-14H,4-12H2,1-3H3,(H,23,25)(H,24,26)(H2,20,21,22). The lowest BCUT2D eigenvalue weighted by Crippen LogP contribution is -2.39. The Kier molecular flexibility index (Phi) is 11.0. The van der Waals surface area contributed by atoms with Crippen molar-refractivity contribution in [3.63, 3.8) is 0 Å². The monoisotopic (exact) mass is 423 g/mol. The lowest BCUT2D eigenvalue weighted by Gasteiger charge is -2.12. The van der Waals surface area contributed by atoms with Crippen LogP contribution in [0.2, 0.25) is 0 Å². The van der Waals surface area contributed by atoms with Crippen LogP contribution in [-0.4, -0.2) is 57.0 Å². The highest BCUT2D eigenvalue weighted by atomic mass is 32.2. The van der Waals surface area contributed by atoms with Crippen LogP contribution in [0.15, 0.2) is 17.6 Å². The summed E-state index contributed by atoms with van der Waals surface area (Å²) >= 11 is 3.77. The number of imidazole rings is 2. The summed E-state index contributed by atoms with van der Waals surface area (Å²) in [5.41, 5.74) is 4.60. The van der Waals surface area contributed by atoms with Gasteiger partial charge in [-0.1, -0.05) is 13.3 Å². The van der Waals surface area contributed by atoms with Gasteiger partial charge in [0, 0.05) is 54.0 Å². The van der Waals surface area contributed by atoms with Crippen molar-refractivity contribution in [3.8, 4) is 0 Å². The molecule has 0 spiro atoms. The number of nitrogens with zero attached hydrogens (tertiary/aromatic N) is 3. The van der Waals surface area contributed by atoms with Gasteiger partial charge in [0.25, 0.3) is 0 Å². The number of hydrogen-bond donors (Lipinski definition) is 4. The first-order valence-corrected chi connectivity index (χ1v) is 12.2. The Bertz CT molecular complexity index is 644. The van der Waals surface area contributed by atoms with Crippen molar-refractivity contribution in [1.29, 1.82) is 0 Å². The van der Waals surface area contributed by atoms with Crippen molar-refractivity contribution >= 4 is 29.5 Å². The summed E-state index contributed by atoms with van der Waals surface area (Å²) in [5.74, 6) is 4.84. The molecule has 9 heteroatoms. The molecule has 0 saturated carbocycles. The third-order valence-electron chi connectivity index (χ3n) is 4.21. The molecule has 0 aromatic carbocycles. The van der Waals surface area contributed by atoms with E-state index in [-0.39, 0.29) is 0 Å². The minimum absolute atomic E-state index is 0.866. The molecule has 0 atom stereocenters. The van der Waals surface area contributed by atoms with Gasteiger partial charge in [-0.15, -0.1) is 0 Å². The minimum atomic E-state index is 0.866. The molecule has 0 unspecified atom stereocenters. The summed E-state index contributed by atoms with van der Waals surface area (Å²) in [6.45, 7) is 8.98. The number of hydrogen-bond acceptors (Lipinski definition) is 5. The highest BCUT2D eigenvalue weighted by Gasteiger charge is 2.03. The van der Waals surface area contributed by atoms with Gasteiger partial charge in [0.2, 0.25) is 0 Å². The van der Waals surface area contributed by atoms with Gasteiger partial charge in [0.05, 0.1) is 24.0 Å². The second-order valence-corrected chi connectivity index (χ2v) is 8.70. The molecule has 0 bridgehead atoms. The lowest BCUT2D eigenvalue weighted by molar-refractivity contribution is 0.782. The SMILES string of the molecule is CCCCN=C(NCCSCc1nc[nH]c1C)NCCSCc1nc[nH]c1C. The molecule has 2 aromatic heterocycles. The molecule has 2 aromatic rings. The molecule has 2 heterocycles. The number of unbranched alkanes of at least 4 members (excludes halogenated alkanes) is 1. The van der Waals surface area contributed by atoms with E-state index in [1.54, 1.807) is 12.7 Å². The first-order valence-electron chi connectivity index (χ1n) is 9.86. The molecule has 28 heavy (non-hydrogen) atoms. The van der Waals surface area contributed by atoms with Crippen molar-refractivity contribution < 1.29 is 0 Å². The molecule has 7 nitrogen and oxygen atoms in total. The Labute approximate surface area is 176 Å². The number of aromatic amines is 2. The van der Waals surface area contributed by atoms with E-state index in [0.717, 1.165) is 84.2 Å². The third-order valence-corrected chi connectivity index (χ3v) is 6.15. The topological polar surface area (TPSA) is 93.8 Å². The van der Waals surface area contributed by atoms with E-state index in [4.69, 9.17) is 0 Å².